The zero-order valence-electron chi connectivity index (χ0n) is 16.8. The van der Waals surface area contributed by atoms with E-state index in [4.69, 9.17) is 13.9 Å². The molecule has 0 saturated carbocycles. The Morgan fingerprint density at radius 2 is 1.81 bits per heavy atom. The van der Waals surface area contributed by atoms with Crippen LogP contribution in [0.4, 0.5) is 5.69 Å². The Labute approximate surface area is 184 Å². The van der Waals surface area contributed by atoms with Crippen molar-refractivity contribution in [3.8, 4) is 11.5 Å². The highest BCUT2D eigenvalue weighted by Gasteiger charge is 2.15. The lowest BCUT2D eigenvalue weighted by Gasteiger charge is -2.12. The van der Waals surface area contributed by atoms with Gasteiger partial charge in [-0.25, -0.2) is 0 Å². The fraction of sp³-hybridized carbons (Fsp3) is 0.217. The van der Waals surface area contributed by atoms with E-state index >= 15 is 0 Å². The number of carbonyl (C=O) groups excluding carboxylic acids is 2. The quantitative estimate of drug-likeness (QED) is 0.540. The van der Waals surface area contributed by atoms with E-state index in [1.54, 1.807) is 48.7 Å². The second-order valence-electron chi connectivity index (χ2n) is 6.81. The lowest BCUT2D eigenvalue weighted by atomic mass is 10.2. The average Bonchev–Trinajstić information content (AvgIpc) is 3.20. The van der Waals surface area contributed by atoms with Gasteiger partial charge in [-0.1, -0.05) is 12.1 Å². The van der Waals surface area contributed by atoms with Gasteiger partial charge in [0.1, 0.15) is 5.76 Å². The molecule has 0 atom stereocenters. The van der Waals surface area contributed by atoms with Crippen LogP contribution in [-0.2, 0) is 11.3 Å². The van der Waals surface area contributed by atoms with E-state index in [0.717, 1.165) is 11.3 Å². The van der Waals surface area contributed by atoms with Gasteiger partial charge < -0.3 is 24.5 Å². The molecule has 3 aromatic rings. The number of nitrogens with one attached hydrogen (secondary N) is 2. The molecule has 2 heterocycles. The molecule has 1 aromatic heterocycles. The van der Waals surface area contributed by atoms with Crippen molar-refractivity contribution in [2.45, 2.75) is 17.9 Å². The van der Waals surface area contributed by atoms with E-state index < -0.39 is 0 Å². The van der Waals surface area contributed by atoms with E-state index in [-0.39, 0.29) is 17.6 Å². The molecule has 0 saturated heterocycles. The molecule has 2 N–H and O–H groups in total. The Hall–Kier alpha value is -3.39. The largest absolute Gasteiger partial charge is 0.490 e. The number of hydrogen-bond acceptors (Lipinski definition) is 6. The van der Waals surface area contributed by atoms with Gasteiger partial charge in [0.05, 0.1) is 37.3 Å². The highest BCUT2D eigenvalue weighted by molar-refractivity contribution is 8.00. The maximum atomic E-state index is 12.9. The van der Waals surface area contributed by atoms with Gasteiger partial charge in [0.25, 0.3) is 5.91 Å². The maximum absolute atomic E-state index is 12.9. The Morgan fingerprint density at radius 1 is 0.968 bits per heavy atom. The van der Waals surface area contributed by atoms with E-state index in [0.29, 0.717) is 48.3 Å². The monoisotopic (exact) mass is 438 g/mol. The van der Waals surface area contributed by atoms with Crippen LogP contribution in [0.1, 0.15) is 22.5 Å². The molecule has 7 nitrogen and oxygen atoms in total. The molecule has 4 rings (SSSR count). The fourth-order valence-corrected chi connectivity index (χ4v) is 3.89. The molecule has 160 valence electrons. The number of ether oxygens (including phenoxy) is 2. The molecule has 0 aliphatic carbocycles. The van der Waals surface area contributed by atoms with Gasteiger partial charge in [-0.2, -0.15) is 0 Å². The minimum atomic E-state index is -0.256. The first kappa shape index (κ1) is 20.9. The van der Waals surface area contributed by atoms with Gasteiger partial charge in [0.2, 0.25) is 5.91 Å². The molecule has 2 aromatic carbocycles. The summed E-state index contributed by atoms with van der Waals surface area (Å²) in [5, 5.41) is 5.70. The first-order valence-electron chi connectivity index (χ1n) is 9.91. The van der Waals surface area contributed by atoms with E-state index in [2.05, 4.69) is 10.6 Å². The molecule has 0 fully saturated rings. The summed E-state index contributed by atoms with van der Waals surface area (Å²) in [7, 11) is 0. The molecule has 8 heteroatoms. The molecule has 31 heavy (non-hydrogen) atoms. The lowest BCUT2D eigenvalue weighted by Crippen LogP contribution is -2.24. The van der Waals surface area contributed by atoms with E-state index in [9.17, 15) is 9.59 Å². The molecule has 2 amide bonds. The Kier molecular flexibility index (Phi) is 6.78. The highest BCUT2D eigenvalue weighted by Crippen LogP contribution is 2.32. The number of amides is 2. The average molecular weight is 439 g/mol. The van der Waals surface area contributed by atoms with Gasteiger partial charge in [-0.15, -0.1) is 11.8 Å². The first-order valence-corrected chi connectivity index (χ1v) is 10.9. The van der Waals surface area contributed by atoms with Gasteiger partial charge in [0, 0.05) is 23.1 Å². The van der Waals surface area contributed by atoms with Crippen molar-refractivity contribution in [2.24, 2.45) is 0 Å². The molecule has 1 aliphatic heterocycles. The predicted octanol–water partition coefficient (Wildman–Crippen LogP) is 4.10. The van der Waals surface area contributed by atoms with Crippen molar-refractivity contribution in [2.75, 3.05) is 24.3 Å². The van der Waals surface area contributed by atoms with Crippen LogP contribution in [0.15, 0.2) is 70.2 Å². The predicted molar refractivity (Wildman–Crippen MR) is 118 cm³/mol. The highest BCUT2D eigenvalue weighted by atomic mass is 32.2. The fourth-order valence-electron chi connectivity index (χ4n) is 3.01. The summed E-state index contributed by atoms with van der Waals surface area (Å²) in [5.74, 6) is 1.77. The standard InChI is InChI=1S/C23H22N2O5S/c26-22(24-14-17-5-3-10-28-17)15-31-21-7-2-1-6-18(21)23(27)25-16-8-9-19-20(13-16)30-12-4-11-29-19/h1-3,5-10,13H,4,11-12,14-15H2,(H,24,26)(H,25,27). The minimum absolute atomic E-state index is 0.139. The number of carbonyl (C=O) groups is 2. The number of hydrogen-bond donors (Lipinski definition) is 2. The SMILES string of the molecule is O=C(CSc1ccccc1C(=O)Nc1ccc2c(c1)OCCCO2)NCc1ccco1. The third kappa shape index (κ3) is 5.61. The van der Waals surface area contributed by atoms with E-state index in [1.807, 2.05) is 12.1 Å². The zero-order valence-corrected chi connectivity index (χ0v) is 17.6. The summed E-state index contributed by atoms with van der Waals surface area (Å²) in [6, 6.07) is 16.1. The third-order valence-electron chi connectivity index (χ3n) is 4.54. The van der Waals surface area contributed by atoms with Crippen LogP contribution in [0.5, 0.6) is 11.5 Å². The van der Waals surface area contributed by atoms with Crippen LogP contribution >= 0.6 is 11.8 Å². The Balaban J connectivity index is 1.37. The van der Waals surface area contributed by atoms with Gasteiger partial charge in [0.15, 0.2) is 11.5 Å². The first-order chi connectivity index (χ1) is 15.2. The maximum Gasteiger partial charge on any atom is 0.256 e. The number of rotatable bonds is 7. The summed E-state index contributed by atoms with van der Waals surface area (Å²) >= 11 is 1.31. The van der Waals surface area contributed by atoms with E-state index in [1.165, 1.54) is 11.8 Å². The number of furan rings is 1. The summed E-state index contributed by atoms with van der Waals surface area (Å²) in [6.07, 6.45) is 2.38. The van der Waals surface area contributed by atoms with Crippen LogP contribution in [0, 0.1) is 0 Å². The van der Waals surface area contributed by atoms with Gasteiger partial charge in [-0.05, 0) is 36.4 Å². The van der Waals surface area contributed by atoms with Crippen LogP contribution < -0.4 is 20.1 Å². The second-order valence-corrected chi connectivity index (χ2v) is 7.82. The van der Waals surface area contributed by atoms with Crippen molar-refractivity contribution >= 4 is 29.3 Å². The van der Waals surface area contributed by atoms with Crippen molar-refractivity contribution in [3.05, 3.63) is 72.2 Å². The molecule has 1 aliphatic rings. The topological polar surface area (TPSA) is 89.8 Å². The molecule has 0 bridgehead atoms. The molecular weight excluding hydrogens is 416 g/mol. The van der Waals surface area contributed by atoms with Crippen LogP contribution in [0.2, 0.25) is 0 Å². The molecule has 0 unspecified atom stereocenters. The third-order valence-corrected chi connectivity index (χ3v) is 5.61. The molecule has 0 spiro atoms. The minimum Gasteiger partial charge on any atom is -0.490 e. The molecular formula is C23H22N2O5S. The van der Waals surface area contributed by atoms with Crippen molar-refractivity contribution in [3.63, 3.8) is 0 Å². The summed E-state index contributed by atoms with van der Waals surface area (Å²) in [5.41, 5.74) is 1.11. The molecule has 0 radical (unpaired) electrons. The van der Waals surface area contributed by atoms with Gasteiger partial charge in [-0.3, -0.25) is 9.59 Å². The van der Waals surface area contributed by atoms with Crippen molar-refractivity contribution in [1.29, 1.82) is 0 Å². The summed E-state index contributed by atoms with van der Waals surface area (Å²) < 4.78 is 16.5. The van der Waals surface area contributed by atoms with Crippen molar-refractivity contribution in [1.82, 2.24) is 5.32 Å². The normalized spacial score (nSPS) is 12.6. The summed E-state index contributed by atoms with van der Waals surface area (Å²) in [4.78, 5) is 25.8. The van der Waals surface area contributed by atoms with Crippen LogP contribution in [-0.4, -0.2) is 30.8 Å². The number of fused-ring (bicyclic) bond motifs is 1. The summed E-state index contributed by atoms with van der Waals surface area (Å²) in [6.45, 7) is 1.52. The number of anilines is 1. The van der Waals surface area contributed by atoms with Crippen molar-refractivity contribution < 1.29 is 23.5 Å². The smallest absolute Gasteiger partial charge is 0.256 e. The number of benzene rings is 2. The lowest BCUT2D eigenvalue weighted by molar-refractivity contribution is -0.118. The van der Waals surface area contributed by atoms with Crippen LogP contribution in [0.3, 0.4) is 0 Å². The zero-order chi connectivity index (χ0) is 21.5. The van der Waals surface area contributed by atoms with Crippen LogP contribution in [0.25, 0.3) is 0 Å². The Morgan fingerprint density at radius 3 is 2.65 bits per heavy atom. The second kappa shape index (κ2) is 10.1. The Bertz CT molecular complexity index is 1050. The van der Waals surface area contributed by atoms with Gasteiger partial charge >= 0.3 is 0 Å². The number of thioether (sulfide) groups is 1.